The smallest absolute Gasteiger partial charge is 0.258 e. The number of aliphatic hydroxyl groups excluding tert-OH is 1. The molecule has 0 aliphatic carbocycles. The van der Waals surface area contributed by atoms with Gasteiger partial charge in [0, 0.05) is 17.3 Å². The van der Waals surface area contributed by atoms with Gasteiger partial charge >= 0.3 is 0 Å². The summed E-state index contributed by atoms with van der Waals surface area (Å²) in [4.78, 5) is 17.6. The summed E-state index contributed by atoms with van der Waals surface area (Å²) in [5, 5.41) is 14.9. The van der Waals surface area contributed by atoms with E-state index >= 15 is 0 Å². The van der Waals surface area contributed by atoms with E-state index in [1.165, 1.54) is 0 Å². The Kier molecular flexibility index (Phi) is 8.46. The summed E-state index contributed by atoms with van der Waals surface area (Å²) in [6.45, 7) is 13.8. The molecule has 0 radical (unpaired) electrons. The van der Waals surface area contributed by atoms with Gasteiger partial charge in [-0.2, -0.15) is 0 Å². The first kappa shape index (κ1) is 24.4. The molecule has 1 heterocycles. The molecule has 174 valence electrons. The molecular weight excluding hydrogens is 398 g/mol. The van der Waals surface area contributed by atoms with Crippen LogP contribution in [0.15, 0.2) is 48.5 Å². The lowest BCUT2D eigenvalue weighted by Crippen LogP contribution is -2.55. The zero-order valence-electron chi connectivity index (χ0n) is 20.2. The van der Waals surface area contributed by atoms with Crippen molar-refractivity contribution in [1.29, 1.82) is 0 Å². The Balaban J connectivity index is 1.78. The van der Waals surface area contributed by atoms with E-state index in [9.17, 15) is 9.90 Å². The summed E-state index contributed by atoms with van der Waals surface area (Å²) in [5.74, 6) is -0.0743. The molecule has 2 aromatic carbocycles. The summed E-state index contributed by atoms with van der Waals surface area (Å²) in [7, 11) is 0. The topological polar surface area (TPSA) is 55.8 Å². The summed E-state index contributed by atoms with van der Waals surface area (Å²) in [6.07, 6.45) is 1.47. The van der Waals surface area contributed by atoms with E-state index < -0.39 is 6.10 Å². The Hall–Kier alpha value is -2.21. The van der Waals surface area contributed by atoms with Gasteiger partial charge < -0.3 is 20.2 Å². The van der Waals surface area contributed by atoms with Crippen molar-refractivity contribution in [3.05, 3.63) is 65.2 Å². The van der Waals surface area contributed by atoms with Gasteiger partial charge in [-0.15, -0.1) is 0 Å². The molecular formula is C27H39N3O2. The molecule has 0 bridgehead atoms. The number of carbonyl (C=O) groups excluding carboxylic acids is 1. The van der Waals surface area contributed by atoms with E-state index in [-0.39, 0.29) is 24.0 Å². The van der Waals surface area contributed by atoms with Crippen LogP contribution in [-0.4, -0.2) is 53.7 Å². The molecule has 2 aromatic rings. The predicted molar refractivity (Wildman–Crippen MR) is 132 cm³/mol. The molecule has 0 fully saturated rings. The van der Waals surface area contributed by atoms with Crippen molar-refractivity contribution >= 4 is 11.6 Å². The highest BCUT2D eigenvalue weighted by atomic mass is 16.3. The lowest BCUT2D eigenvalue weighted by Gasteiger charge is -2.44. The number of nitrogens with one attached hydrogen (secondary N) is 1. The van der Waals surface area contributed by atoms with Gasteiger partial charge in [0.25, 0.3) is 5.91 Å². The minimum atomic E-state index is -0.690. The highest BCUT2D eigenvalue weighted by molar-refractivity contribution is 6.07. The molecule has 1 aliphatic rings. The average molecular weight is 438 g/mol. The van der Waals surface area contributed by atoms with Gasteiger partial charge in [0.05, 0.1) is 18.2 Å². The first-order valence-electron chi connectivity index (χ1n) is 12.0. The van der Waals surface area contributed by atoms with Crippen LogP contribution in [0.2, 0.25) is 0 Å². The number of hydrogen-bond donors (Lipinski definition) is 2. The molecule has 1 amide bonds. The monoisotopic (exact) mass is 437 g/mol. The van der Waals surface area contributed by atoms with Crippen molar-refractivity contribution in [3.8, 4) is 0 Å². The largest absolute Gasteiger partial charge is 0.389 e. The molecule has 5 nitrogen and oxygen atoms in total. The zero-order valence-corrected chi connectivity index (χ0v) is 20.2. The van der Waals surface area contributed by atoms with E-state index in [0.717, 1.165) is 49.3 Å². The lowest BCUT2D eigenvalue weighted by molar-refractivity contribution is 0.0764. The number of nitrogens with zero attached hydrogens (tertiary/aromatic N) is 2. The Bertz CT molecular complexity index is 879. The number of aryl methyl sites for hydroxylation is 1. The maximum Gasteiger partial charge on any atom is 0.258 e. The molecule has 3 rings (SSSR count). The maximum absolute atomic E-state index is 13.4. The summed E-state index contributed by atoms with van der Waals surface area (Å²) in [6, 6.07) is 15.3. The van der Waals surface area contributed by atoms with Crippen LogP contribution in [0.4, 0.5) is 5.69 Å². The Labute approximate surface area is 193 Å². The number of rotatable bonds is 9. The van der Waals surface area contributed by atoms with Gasteiger partial charge in [0.2, 0.25) is 0 Å². The fourth-order valence-electron chi connectivity index (χ4n) is 4.67. The normalized spacial score (nSPS) is 21.5. The van der Waals surface area contributed by atoms with Crippen molar-refractivity contribution in [2.75, 3.05) is 24.5 Å². The van der Waals surface area contributed by atoms with Gasteiger partial charge in [0.15, 0.2) is 0 Å². The van der Waals surface area contributed by atoms with Crippen molar-refractivity contribution in [1.82, 2.24) is 10.2 Å². The summed E-state index contributed by atoms with van der Waals surface area (Å²) in [5.41, 5.74) is 3.62. The summed E-state index contributed by atoms with van der Waals surface area (Å²) < 4.78 is 0. The Morgan fingerprint density at radius 2 is 1.78 bits per heavy atom. The fraction of sp³-hybridized carbons (Fsp3) is 0.519. The lowest BCUT2D eigenvalue weighted by atomic mass is 9.87. The third-order valence-corrected chi connectivity index (χ3v) is 6.76. The van der Waals surface area contributed by atoms with Crippen LogP contribution in [0.3, 0.4) is 0 Å². The van der Waals surface area contributed by atoms with Gasteiger partial charge in [-0.25, -0.2) is 0 Å². The van der Waals surface area contributed by atoms with Gasteiger partial charge in [0.1, 0.15) is 0 Å². The van der Waals surface area contributed by atoms with E-state index in [4.69, 9.17) is 0 Å². The third-order valence-electron chi connectivity index (χ3n) is 6.76. The minimum absolute atomic E-state index is 0.0743. The molecule has 4 atom stereocenters. The standard InChI is InChI=1S/C27H39N3O2/c1-6-29(7-2)18-10-11-20(4)28-25-23-12-8-9-13-24(23)30(21(5)26(25)31)27(32)22-16-14-19(3)15-17-22/h8-9,12-17,20-21,25-26,28,31H,6-7,10-11,18H2,1-5H3/t20?,21-,25-,26-/m0/s1. The SMILES string of the molecule is CCN(CC)CCCC(C)N[C@H]1c2ccccc2N(C(=O)c2ccc(C)cc2)[C@@H](C)[C@@H]1O. The fourth-order valence-corrected chi connectivity index (χ4v) is 4.67. The predicted octanol–water partition coefficient (Wildman–Crippen LogP) is 4.55. The number of hydrogen-bond acceptors (Lipinski definition) is 4. The summed E-state index contributed by atoms with van der Waals surface area (Å²) >= 11 is 0. The molecule has 5 heteroatoms. The van der Waals surface area contributed by atoms with Crippen molar-refractivity contribution < 1.29 is 9.90 Å². The quantitative estimate of drug-likeness (QED) is 0.604. The van der Waals surface area contributed by atoms with Crippen LogP contribution in [0.5, 0.6) is 0 Å². The van der Waals surface area contributed by atoms with E-state index in [1.54, 1.807) is 4.90 Å². The molecule has 0 saturated heterocycles. The van der Waals surface area contributed by atoms with E-state index in [2.05, 4.69) is 31.0 Å². The second-order valence-corrected chi connectivity index (χ2v) is 9.05. The maximum atomic E-state index is 13.4. The number of anilines is 1. The Morgan fingerprint density at radius 3 is 2.44 bits per heavy atom. The zero-order chi connectivity index (χ0) is 23.3. The highest BCUT2D eigenvalue weighted by Crippen LogP contribution is 2.38. The molecule has 32 heavy (non-hydrogen) atoms. The van der Waals surface area contributed by atoms with Crippen molar-refractivity contribution in [2.45, 2.75) is 71.7 Å². The van der Waals surface area contributed by atoms with Crippen LogP contribution in [0.25, 0.3) is 0 Å². The minimum Gasteiger partial charge on any atom is -0.389 e. The van der Waals surface area contributed by atoms with Crippen molar-refractivity contribution in [2.24, 2.45) is 0 Å². The molecule has 1 unspecified atom stereocenters. The van der Waals surface area contributed by atoms with Crippen LogP contribution in [0, 0.1) is 6.92 Å². The third kappa shape index (κ3) is 5.40. The second-order valence-electron chi connectivity index (χ2n) is 9.05. The number of aliphatic hydroxyl groups is 1. The molecule has 1 aliphatic heterocycles. The number of carbonyl (C=O) groups is 1. The number of benzene rings is 2. The van der Waals surface area contributed by atoms with E-state index in [0.29, 0.717) is 5.56 Å². The van der Waals surface area contributed by atoms with Crippen LogP contribution < -0.4 is 10.2 Å². The van der Waals surface area contributed by atoms with Crippen LogP contribution in [0.1, 0.15) is 68.1 Å². The number of amides is 1. The first-order chi connectivity index (χ1) is 15.4. The van der Waals surface area contributed by atoms with Gasteiger partial charge in [-0.1, -0.05) is 49.7 Å². The molecule has 0 spiro atoms. The number of fused-ring (bicyclic) bond motifs is 1. The van der Waals surface area contributed by atoms with E-state index in [1.807, 2.05) is 62.4 Å². The molecule has 2 N–H and O–H groups in total. The van der Waals surface area contributed by atoms with Crippen LogP contribution in [-0.2, 0) is 0 Å². The van der Waals surface area contributed by atoms with Crippen molar-refractivity contribution in [3.63, 3.8) is 0 Å². The van der Waals surface area contributed by atoms with Gasteiger partial charge in [-0.3, -0.25) is 4.79 Å². The van der Waals surface area contributed by atoms with Gasteiger partial charge in [-0.05, 0) is 77.0 Å². The molecule has 0 saturated carbocycles. The molecule has 0 aromatic heterocycles. The average Bonchev–Trinajstić information content (AvgIpc) is 2.80. The highest BCUT2D eigenvalue weighted by Gasteiger charge is 2.40. The first-order valence-corrected chi connectivity index (χ1v) is 12.0. The Morgan fingerprint density at radius 1 is 1.12 bits per heavy atom. The van der Waals surface area contributed by atoms with Crippen LogP contribution >= 0.6 is 0 Å². The second kappa shape index (κ2) is 11.1. The number of para-hydroxylation sites is 1.